The highest BCUT2D eigenvalue weighted by Gasteiger charge is 2.37. The number of hydrogen-bond acceptors (Lipinski definition) is 3. The molecule has 2 unspecified atom stereocenters. The van der Waals surface area contributed by atoms with Crippen molar-refractivity contribution in [3.8, 4) is 0 Å². The molecule has 2 atom stereocenters. The molecule has 1 heterocycles. The minimum Gasteiger partial charge on any atom is -0.480 e. The number of nitrogens with zero attached hydrogens (tertiary/aromatic N) is 1. The summed E-state index contributed by atoms with van der Waals surface area (Å²) in [6.45, 7) is 0. The lowest BCUT2D eigenvalue weighted by atomic mass is 9.88. The zero-order valence-electron chi connectivity index (χ0n) is 12.8. The number of carboxylic acid groups (broad SMARTS) is 1. The first-order chi connectivity index (χ1) is 10.6. The van der Waals surface area contributed by atoms with Crippen LogP contribution in [-0.4, -0.2) is 31.2 Å². The first kappa shape index (κ1) is 14.4. The molecular weight excluding hydrogens is 276 g/mol. The van der Waals surface area contributed by atoms with E-state index in [2.05, 4.69) is 22.3 Å². The quantitative estimate of drug-likeness (QED) is 0.911. The lowest BCUT2D eigenvalue weighted by molar-refractivity contribution is -0.138. The fraction of sp³-hybridized carbons (Fsp3) is 0.278. The van der Waals surface area contributed by atoms with Gasteiger partial charge in [-0.05, 0) is 29.7 Å². The second kappa shape index (κ2) is 5.72. The van der Waals surface area contributed by atoms with E-state index in [9.17, 15) is 9.90 Å². The zero-order chi connectivity index (χ0) is 15.7. The van der Waals surface area contributed by atoms with Gasteiger partial charge in [0.25, 0.3) is 0 Å². The van der Waals surface area contributed by atoms with Gasteiger partial charge in [0, 0.05) is 31.4 Å². The van der Waals surface area contributed by atoms with Gasteiger partial charge in [0.15, 0.2) is 0 Å². The van der Waals surface area contributed by atoms with E-state index < -0.39 is 12.0 Å². The van der Waals surface area contributed by atoms with E-state index >= 15 is 0 Å². The highest BCUT2D eigenvalue weighted by Crippen LogP contribution is 2.39. The number of aliphatic carboxylic acids is 1. The van der Waals surface area contributed by atoms with Crippen LogP contribution in [0.3, 0.4) is 0 Å². The first-order valence-corrected chi connectivity index (χ1v) is 7.41. The number of hydrogen-bond donors (Lipinski definition) is 2. The Kier molecular flexibility index (Phi) is 3.75. The number of para-hydroxylation sites is 2. The van der Waals surface area contributed by atoms with Gasteiger partial charge in [-0.1, -0.05) is 36.4 Å². The van der Waals surface area contributed by atoms with Crippen LogP contribution in [0.2, 0.25) is 0 Å². The van der Waals surface area contributed by atoms with Gasteiger partial charge in [0.05, 0.1) is 0 Å². The van der Waals surface area contributed by atoms with Gasteiger partial charge in [-0.25, -0.2) is 4.79 Å². The van der Waals surface area contributed by atoms with Crippen molar-refractivity contribution in [1.82, 2.24) is 0 Å². The molecule has 114 valence electrons. The van der Waals surface area contributed by atoms with Gasteiger partial charge in [-0.2, -0.15) is 0 Å². The van der Waals surface area contributed by atoms with E-state index in [1.165, 1.54) is 5.56 Å². The molecule has 2 N–H and O–H groups in total. The van der Waals surface area contributed by atoms with Crippen LogP contribution < -0.4 is 10.2 Å². The predicted molar refractivity (Wildman–Crippen MR) is 88.7 cm³/mol. The maximum atomic E-state index is 11.6. The summed E-state index contributed by atoms with van der Waals surface area (Å²) >= 11 is 0. The summed E-state index contributed by atoms with van der Waals surface area (Å²) < 4.78 is 0. The van der Waals surface area contributed by atoms with Gasteiger partial charge in [-0.3, -0.25) is 0 Å². The summed E-state index contributed by atoms with van der Waals surface area (Å²) in [4.78, 5) is 13.7. The van der Waals surface area contributed by atoms with Crippen LogP contribution in [-0.2, 0) is 11.2 Å². The molecule has 4 nitrogen and oxygen atoms in total. The minimum absolute atomic E-state index is 0.0604. The Morgan fingerprint density at radius 1 is 1.14 bits per heavy atom. The van der Waals surface area contributed by atoms with Crippen molar-refractivity contribution in [2.75, 3.05) is 24.3 Å². The van der Waals surface area contributed by atoms with E-state index in [4.69, 9.17) is 0 Å². The molecule has 3 rings (SSSR count). The molecule has 0 aliphatic carbocycles. The first-order valence-electron chi connectivity index (χ1n) is 7.41. The molecule has 0 bridgehead atoms. The molecule has 0 aromatic heterocycles. The Bertz CT molecular complexity index is 697. The van der Waals surface area contributed by atoms with Crippen molar-refractivity contribution in [1.29, 1.82) is 0 Å². The summed E-state index contributed by atoms with van der Waals surface area (Å²) in [5, 5.41) is 12.7. The van der Waals surface area contributed by atoms with Crippen molar-refractivity contribution in [2.45, 2.75) is 18.4 Å². The predicted octanol–water partition coefficient (Wildman–Crippen LogP) is 2.96. The van der Waals surface area contributed by atoms with Gasteiger partial charge in [0.1, 0.15) is 6.04 Å². The van der Waals surface area contributed by atoms with E-state index in [1.807, 2.05) is 50.5 Å². The van der Waals surface area contributed by atoms with Crippen LogP contribution in [0.4, 0.5) is 11.4 Å². The van der Waals surface area contributed by atoms with Crippen molar-refractivity contribution in [2.24, 2.45) is 0 Å². The Labute approximate surface area is 130 Å². The normalized spacial score (nSPS) is 19.4. The average molecular weight is 296 g/mol. The van der Waals surface area contributed by atoms with Crippen molar-refractivity contribution < 1.29 is 9.90 Å². The fourth-order valence-corrected chi connectivity index (χ4v) is 3.22. The zero-order valence-corrected chi connectivity index (χ0v) is 12.8. The topological polar surface area (TPSA) is 52.6 Å². The summed E-state index contributed by atoms with van der Waals surface area (Å²) in [6.07, 6.45) is 0.704. The molecule has 2 aromatic rings. The summed E-state index contributed by atoms with van der Waals surface area (Å²) in [7, 11) is 4.02. The van der Waals surface area contributed by atoms with Gasteiger partial charge < -0.3 is 15.3 Å². The second-order valence-electron chi connectivity index (χ2n) is 5.88. The average Bonchev–Trinajstić information content (AvgIpc) is 2.87. The van der Waals surface area contributed by atoms with Crippen molar-refractivity contribution >= 4 is 17.3 Å². The number of rotatable bonds is 4. The third-order valence-electron chi connectivity index (χ3n) is 4.25. The summed E-state index contributed by atoms with van der Waals surface area (Å²) in [6, 6.07) is 15.5. The monoisotopic (exact) mass is 296 g/mol. The molecule has 0 amide bonds. The Balaban J connectivity index is 1.98. The van der Waals surface area contributed by atoms with Crippen LogP contribution in [0.15, 0.2) is 48.5 Å². The van der Waals surface area contributed by atoms with Gasteiger partial charge >= 0.3 is 5.97 Å². The lowest BCUT2D eigenvalue weighted by Crippen LogP contribution is -2.31. The molecule has 4 heteroatoms. The molecule has 22 heavy (non-hydrogen) atoms. The molecule has 0 saturated heterocycles. The largest absolute Gasteiger partial charge is 0.480 e. The van der Waals surface area contributed by atoms with Crippen LogP contribution in [0.5, 0.6) is 0 Å². The van der Waals surface area contributed by atoms with Gasteiger partial charge in [-0.15, -0.1) is 0 Å². The summed E-state index contributed by atoms with van der Waals surface area (Å²) in [5.41, 5.74) is 4.32. The Morgan fingerprint density at radius 3 is 2.55 bits per heavy atom. The number of carboxylic acids is 1. The third-order valence-corrected chi connectivity index (χ3v) is 4.25. The van der Waals surface area contributed by atoms with Crippen LogP contribution >= 0.6 is 0 Å². The highest BCUT2D eigenvalue weighted by atomic mass is 16.4. The number of benzene rings is 2. The summed E-state index contributed by atoms with van der Waals surface area (Å²) in [5.74, 6) is -0.863. The molecule has 2 aromatic carbocycles. The SMILES string of the molecule is CN(C)c1ccccc1CC1c2ccccc2NC1C(=O)O. The van der Waals surface area contributed by atoms with Crippen molar-refractivity contribution in [3.05, 3.63) is 59.7 Å². The fourth-order valence-electron chi connectivity index (χ4n) is 3.22. The molecule has 0 spiro atoms. The maximum absolute atomic E-state index is 11.6. The number of nitrogens with one attached hydrogen (secondary N) is 1. The maximum Gasteiger partial charge on any atom is 0.326 e. The molecular formula is C18H20N2O2. The standard InChI is InChI=1S/C18H20N2O2/c1-20(2)16-10-6-3-7-12(16)11-14-13-8-4-5-9-15(13)19-17(14)18(21)22/h3-10,14,17,19H,11H2,1-2H3,(H,21,22). The van der Waals surface area contributed by atoms with E-state index in [-0.39, 0.29) is 5.92 Å². The van der Waals surface area contributed by atoms with Crippen LogP contribution in [0, 0.1) is 0 Å². The van der Waals surface area contributed by atoms with E-state index in [0.29, 0.717) is 6.42 Å². The highest BCUT2D eigenvalue weighted by molar-refractivity contribution is 5.83. The van der Waals surface area contributed by atoms with Gasteiger partial charge in [0.2, 0.25) is 0 Å². The van der Waals surface area contributed by atoms with Crippen LogP contribution in [0.25, 0.3) is 0 Å². The third kappa shape index (κ3) is 2.52. The lowest BCUT2D eigenvalue weighted by Gasteiger charge is -2.21. The molecule has 0 radical (unpaired) electrons. The van der Waals surface area contributed by atoms with Crippen molar-refractivity contribution in [3.63, 3.8) is 0 Å². The molecule has 0 fully saturated rings. The second-order valence-corrected chi connectivity index (χ2v) is 5.88. The van der Waals surface area contributed by atoms with E-state index in [1.54, 1.807) is 0 Å². The molecule has 0 saturated carbocycles. The minimum atomic E-state index is -0.802. The number of anilines is 2. The van der Waals surface area contributed by atoms with E-state index in [0.717, 1.165) is 16.9 Å². The molecule has 1 aliphatic rings. The van der Waals surface area contributed by atoms with Crippen LogP contribution in [0.1, 0.15) is 17.0 Å². The Hall–Kier alpha value is -2.49. The Morgan fingerprint density at radius 2 is 1.82 bits per heavy atom. The number of fused-ring (bicyclic) bond motifs is 1. The number of carbonyl (C=O) groups is 1. The molecule has 1 aliphatic heterocycles. The smallest absolute Gasteiger partial charge is 0.326 e.